The highest BCUT2D eigenvalue weighted by Crippen LogP contribution is 2.12. The van der Waals surface area contributed by atoms with Crippen molar-refractivity contribution in [2.75, 3.05) is 20.6 Å². The molecule has 0 rings (SSSR count). The normalized spacial score (nSPS) is 11.8. The molecule has 0 aliphatic heterocycles. The molecule has 0 heterocycles. The van der Waals surface area contributed by atoms with Gasteiger partial charge >= 0.3 is 0 Å². The van der Waals surface area contributed by atoms with E-state index >= 15 is 0 Å². The van der Waals surface area contributed by atoms with Crippen molar-refractivity contribution in [2.45, 2.75) is 90.4 Å². The second kappa shape index (κ2) is 16.8. The summed E-state index contributed by atoms with van der Waals surface area (Å²) in [4.78, 5) is 2.21. The average molecular weight is 282 g/mol. The first-order valence-corrected chi connectivity index (χ1v) is 9.07. The fourth-order valence-electron chi connectivity index (χ4n) is 2.51. The Morgan fingerprint density at radius 1 is 0.600 bits per heavy atom. The van der Waals surface area contributed by atoms with Gasteiger partial charge in [-0.1, -0.05) is 89.7 Å². The Kier molecular flexibility index (Phi) is 16.5. The molecule has 0 aromatic rings. The lowest BCUT2D eigenvalue weighted by molar-refractivity contribution is 0.456. The van der Waals surface area contributed by atoms with E-state index in [0.717, 1.165) is 6.54 Å². The summed E-state index contributed by atoms with van der Waals surface area (Å²) in [5, 5.41) is 0. The molecule has 0 aliphatic rings. The molecule has 1 heteroatoms. The van der Waals surface area contributed by atoms with Gasteiger partial charge in [-0.3, -0.25) is 0 Å². The molecule has 0 unspecified atom stereocenters. The van der Waals surface area contributed by atoms with Crippen LogP contribution in [0.4, 0.5) is 0 Å². The second-order valence-electron chi connectivity index (χ2n) is 6.41. The van der Waals surface area contributed by atoms with Crippen LogP contribution in [0.25, 0.3) is 0 Å². The van der Waals surface area contributed by atoms with Gasteiger partial charge in [0.2, 0.25) is 0 Å². The van der Waals surface area contributed by atoms with Crippen LogP contribution < -0.4 is 0 Å². The molecule has 0 atom stereocenters. The van der Waals surface area contributed by atoms with E-state index in [9.17, 15) is 0 Å². The third-order valence-corrected chi connectivity index (χ3v) is 3.86. The van der Waals surface area contributed by atoms with Gasteiger partial charge in [-0.15, -0.1) is 0 Å². The molecule has 0 aromatic carbocycles. The Balaban J connectivity index is 3.01. The van der Waals surface area contributed by atoms with Gasteiger partial charge in [0.15, 0.2) is 0 Å². The van der Waals surface area contributed by atoms with Gasteiger partial charge in [-0.05, 0) is 26.9 Å². The van der Waals surface area contributed by atoms with E-state index in [1.165, 1.54) is 83.5 Å². The Morgan fingerprint density at radius 3 is 1.50 bits per heavy atom. The molecule has 0 N–H and O–H groups in total. The molecule has 0 fully saturated rings. The Labute approximate surface area is 128 Å². The van der Waals surface area contributed by atoms with Crippen molar-refractivity contribution in [1.29, 1.82) is 0 Å². The first-order chi connectivity index (χ1) is 9.77. The van der Waals surface area contributed by atoms with Gasteiger partial charge in [0.05, 0.1) is 0 Å². The highest BCUT2D eigenvalue weighted by Gasteiger charge is 1.93. The van der Waals surface area contributed by atoms with E-state index < -0.39 is 0 Å². The maximum Gasteiger partial charge on any atom is 0.0157 e. The number of likely N-dealkylation sites (N-methyl/N-ethyl adjacent to an activating group) is 1. The maximum absolute atomic E-state index is 2.34. The third kappa shape index (κ3) is 17.7. The van der Waals surface area contributed by atoms with Crippen LogP contribution in [0.2, 0.25) is 0 Å². The number of nitrogens with zero attached hydrogens (tertiary/aromatic N) is 1. The standard InChI is InChI=1S/C19H39N/c1-4-5-6-7-8-9-10-11-12-13-14-15-16-17-18-19-20(2)3/h17-18H,4-16,19H2,1-3H3. The van der Waals surface area contributed by atoms with Gasteiger partial charge in [0.25, 0.3) is 0 Å². The minimum Gasteiger partial charge on any atom is -0.306 e. The van der Waals surface area contributed by atoms with E-state index in [1.807, 2.05) is 0 Å². The average Bonchev–Trinajstić information content (AvgIpc) is 2.43. The van der Waals surface area contributed by atoms with Crippen LogP contribution in [0.1, 0.15) is 90.4 Å². The largest absolute Gasteiger partial charge is 0.306 e. The van der Waals surface area contributed by atoms with Crippen LogP contribution in [0, 0.1) is 0 Å². The lowest BCUT2D eigenvalue weighted by atomic mass is 10.0. The summed E-state index contributed by atoms with van der Waals surface area (Å²) in [6.45, 7) is 3.37. The molecule has 0 aliphatic carbocycles. The molecular formula is C19H39N. The molecule has 0 radical (unpaired) electrons. The summed E-state index contributed by atoms with van der Waals surface area (Å²) in [7, 11) is 4.24. The molecule has 0 saturated heterocycles. The fraction of sp³-hybridized carbons (Fsp3) is 0.895. The molecule has 20 heavy (non-hydrogen) atoms. The molecule has 0 saturated carbocycles. The summed E-state index contributed by atoms with van der Waals surface area (Å²) in [6.07, 6.45) is 23.2. The molecule has 0 bridgehead atoms. The van der Waals surface area contributed by atoms with Crippen molar-refractivity contribution in [2.24, 2.45) is 0 Å². The monoisotopic (exact) mass is 281 g/mol. The topological polar surface area (TPSA) is 3.24 Å². The number of hydrogen-bond acceptors (Lipinski definition) is 1. The molecule has 0 aromatic heterocycles. The number of allylic oxidation sites excluding steroid dienone is 1. The summed E-state index contributed by atoms with van der Waals surface area (Å²) < 4.78 is 0. The lowest BCUT2D eigenvalue weighted by Gasteiger charge is -2.04. The van der Waals surface area contributed by atoms with E-state index in [2.05, 4.69) is 38.1 Å². The number of rotatable bonds is 15. The highest BCUT2D eigenvalue weighted by atomic mass is 15.0. The minimum atomic E-state index is 1.08. The quantitative estimate of drug-likeness (QED) is 0.255. The van der Waals surface area contributed by atoms with Gasteiger partial charge in [-0.25, -0.2) is 0 Å². The zero-order valence-electron chi connectivity index (χ0n) is 14.5. The first-order valence-electron chi connectivity index (χ1n) is 9.07. The summed E-state index contributed by atoms with van der Waals surface area (Å²) >= 11 is 0. The predicted octanol–water partition coefficient (Wildman–Crippen LogP) is 6.20. The van der Waals surface area contributed by atoms with Crippen LogP contribution in [0.15, 0.2) is 12.2 Å². The van der Waals surface area contributed by atoms with Crippen LogP contribution in [-0.2, 0) is 0 Å². The minimum absolute atomic E-state index is 1.08. The molecule has 0 amide bonds. The van der Waals surface area contributed by atoms with E-state index in [0.29, 0.717) is 0 Å². The Bertz CT molecular complexity index is 196. The van der Waals surface area contributed by atoms with Crippen molar-refractivity contribution in [3.05, 3.63) is 12.2 Å². The number of unbranched alkanes of at least 4 members (excludes halogenated alkanes) is 12. The second-order valence-corrected chi connectivity index (χ2v) is 6.41. The van der Waals surface area contributed by atoms with E-state index in [4.69, 9.17) is 0 Å². The summed E-state index contributed by atoms with van der Waals surface area (Å²) in [6, 6.07) is 0. The molecule has 120 valence electrons. The Morgan fingerprint density at radius 2 is 1.05 bits per heavy atom. The maximum atomic E-state index is 2.34. The molecular weight excluding hydrogens is 242 g/mol. The third-order valence-electron chi connectivity index (χ3n) is 3.86. The van der Waals surface area contributed by atoms with Crippen LogP contribution in [-0.4, -0.2) is 25.5 Å². The van der Waals surface area contributed by atoms with E-state index in [1.54, 1.807) is 0 Å². The summed E-state index contributed by atoms with van der Waals surface area (Å²) in [5.41, 5.74) is 0. The summed E-state index contributed by atoms with van der Waals surface area (Å²) in [5.74, 6) is 0. The SMILES string of the molecule is CCCCCCCCCCCCCCC=CCN(C)C. The van der Waals surface area contributed by atoms with Crippen molar-refractivity contribution < 1.29 is 0 Å². The fourth-order valence-corrected chi connectivity index (χ4v) is 2.51. The van der Waals surface area contributed by atoms with Gasteiger partial charge in [0.1, 0.15) is 0 Å². The van der Waals surface area contributed by atoms with Gasteiger partial charge in [-0.2, -0.15) is 0 Å². The zero-order valence-corrected chi connectivity index (χ0v) is 14.5. The zero-order chi connectivity index (χ0) is 14.9. The predicted molar refractivity (Wildman–Crippen MR) is 93.4 cm³/mol. The van der Waals surface area contributed by atoms with Crippen molar-refractivity contribution in [3.8, 4) is 0 Å². The van der Waals surface area contributed by atoms with Gasteiger partial charge in [0, 0.05) is 6.54 Å². The van der Waals surface area contributed by atoms with Crippen molar-refractivity contribution >= 4 is 0 Å². The van der Waals surface area contributed by atoms with Crippen LogP contribution >= 0.6 is 0 Å². The highest BCUT2D eigenvalue weighted by molar-refractivity contribution is 4.83. The van der Waals surface area contributed by atoms with Crippen LogP contribution in [0.5, 0.6) is 0 Å². The number of hydrogen-bond donors (Lipinski definition) is 0. The van der Waals surface area contributed by atoms with E-state index in [-0.39, 0.29) is 0 Å². The Hall–Kier alpha value is -0.300. The first kappa shape index (κ1) is 19.7. The van der Waals surface area contributed by atoms with Crippen molar-refractivity contribution in [3.63, 3.8) is 0 Å². The van der Waals surface area contributed by atoms with Gasteiger partial charge < -0.3 is 4.90 Å². The molecule has 1 nitrogen and oxygen atoms in total. The lowest BCUT2D eigenvalue weighted by Crippen LogP contribution is -2.10. The van der Waals surface area contributed by atoms with Crippen molar-refractivity contribution in [1.82, 2.24) is 4.90 Å². The molecule has 0 spiro atoms. The van der Waals surface area contributed by atoms with Crippen LogP contribution in [0.3, 0.4) is 0 Å². The smallest absolute Gasteiger partial charge is 0.0157 e.